The largest absolute Gasteiger partial charge is 0.481 e. The molecule has 3 rings (SSSR count). The molecule has 1 aromatic carbocycles. The highest BCUT2D eigenvalue weighted by Crippen LogP contribution is 2.26. The molecular weight excluding hydrogens is 268 g/mol. The monoisotopic (exact) mass is 286 g/mol. The van der Waals surface area contributed by atoms with Crippen LogP contribution in [0, 0.1) is 5.92 Å². The Hall–Kier alpha value is -2.30. The Morgan fingerprint density at radius 1 is 1.29 bits per heavy atom. The predicted molar refractivity (Wildman–Crippen MR) is 79.4 cm³/mol. The van der Waals surface area contributed by atoms with E-state index in [0.29, 0.717) is 12.0 Å². The summed E-state index contributed by atoms with van der Waals surface area (Å²) in [6.07, 6.45) is 5.75. The topological polar surface area (TPSA) is 78.4 Å². The number of hydrogen-bond acceptors (Lipinski definition) is 3. The number of carbonyl (C=O) groups excluding carboxylic acids is 1. The number of fused-ring (bicyclic) bond motifs is 1. The molecule has 5 heteroatoms. The Balaban J connectivity index is 1.72. The molecule has 0 bridgehead atoms. The summed E-state index contributed by atoms with van der Waals surface area (Å²) in [5.74, 6) is -1.47. The van der Waals surface area contributed by atoms with Crippen molar-refractivity contribution in [3.8, 4) is 0 Å². The zero-order chi connectivity index (χ0) is 14.8. The maximum atomic E-state index is 12.4. The number of anilines is 1. The number of benzene rings is 1. The van der Waals surface area contributed by atoms with E-state index in [2.05, 4.69) is 10.6 Å². The third-order valence-corrected chi connectivity index (χ3v) is 4.06. The minimum absolute atomic E-state index is 0.128. The average molecular weight is 286 g/mol. The van der Waals surface area contributed by atoms with Crippen molar-refractivity contribution in [3.05, 3.63) is 41.5 Å². The zero-order valence-electron chi connectivity index (χ0n) is 11.6. The second kappa shape index (κ2) is 5.60. The summed E-state index contributed by atoms with van der Waals surface area (Å²) >= 11 is 0. The molecule has 110 valence electrons. The van der Waals surface area contributed by atoms with Gasteiger partial charge in [0, 0.05) is 23.8 Å². The first-order valence-electron chi connectivity index (χ1n) is 7.23. The van der Waals surface area contributed by atoms with Crippen molar-refractivity contribution in [2.24, 2.45) is 5.92 Å². The van der Waals surface area contributed by atoms with Crippen LogP contribution in [-0.4, -0.2) is 29.6 Å². The first-order valence-corrected chi connectivity index (χ1v) is 7.23. The summed E-state index contributed by atoms with van der Waals surface area (Å²) in [6.45, 7) is 0.934. The Morgan fingerprint density at radius 3 is 2.90 bits per heavy atom. The molecule has 1 heterocycles. The number of carboxylic acid groups (broad SMARTS) is 1. The molecule has 0 aromatic heterocycles. The van der Waals surface area contributed by atoms with E-state index in [0.717, 1.165) is 30.6 Å². The summed E-state index contributed by atoms with van der Waals surface area (Å²) in [5.41, 5.74) is 2.77. The first-order chi connectivity index (χ1) is 10.1. The quantitative estimate of drug-likeness (QED) is 0.740. The number of hydrogen-bond donors (Lipinski definition) is 3. The number of rotatable bonds is 3. The van der Waals surface area contributed by atoms with Gasteiger partial charge in [-0.05, 0) is 37.0 Å². The zero-order valence-corrected chi connectivity index (χ0v) is 11.6. The predicted octanol–water partition coefficient (Wildman–Crippen LogP) is 1.80. The van der Waals surface area contributed by atoms with E-state index in [1.165, 1.54) is 0 Å². The number of aliphatic carboxylic acids is 1. The Morgan fingerprint density at radius 2 is 2.14 bits per heavy atom. The van der Waals surface area contributed by atoms with Gasteiger partial charge in [0.1, 0.15) is 0 Å². The van der Waals surface area contributed by atoms with E-state index in [9.17, 15) is 9.59 Å². The van der Waals surface area contributed by atoms with Gasteiger partial charge in [0.15, 0.2) is 0 Å². The summed E-state index contributed by atoms with van der Waals surface area (Å²) in [5, 5.41) is 15.2. The lowest BCUT2D eigenvalue weighted by molar-refractivity contribution is -0.140. The fraction of sp³-hybridized carbons (Fsp3) is 0.375. The molecule has 0 radical (unpaired) electrons. The van der Waals surface area contributed by atoms with Crippen LogP contribution in [-0.2, 0) is 11.2 Å². The van der Waals surface area contributed by atoms with Crippen LogP contribution in [0.1, 0.15) is 28.8 Å². The minimum atomic E-state index is -0.843. The van der Waals surface area contributed by atoms with Crippen LogP contribution in [0.5, 0.6) is 0 Å². The molecule has 1 amide bonds. The van der Waals surface area contributed by atoms with Gasteiger partial charge in [-0.15, -0.1) is 0 Å². The number of carbonyl (C=O) groups is 2. The van der Waals surface area contributed by atoms with Gasteiger partial charge in [-0.25, -0.2) is 0 Å². The van der Waals surface area contributed by atoms with Crippen LogP contribution in [0.2, 0.25) is 0 Å². The van der Waals surface area contributed by atoms with Gasteiger partial charge in [-0.1, -0.05) is 18.2 Å². The van der Waals surface area contributed by atoms with Gasteiger partial charge in [-0.3, -0.25) is 9.59 Å². The standard InChI is InChI=1S/C16H18N2O3/c19-15(18-11-7-6-10(9-11)16(20)21)13-3-1-5-14-12(13)4-2-8-17-14/h1,3,5-7,10-11,17H,2,4,8-9H2,(H,18,19)(H,20,21). The molecule has 2 aliphatic rings. The fourth-order valence-corrected chi connectivity index (χ4v) is 2.96. The van der Waals surface area contributed by atoms with E-state index in [4.69, 9.17) is 5.11 Å². The third kappa shape index (κ3) is 2.77. The molecule has 0 saturated carbocycles. The molecule has 1 aliphatic heterocycles. The fourth-order valence-electron chi connectivity index (χ4n) is 2.96. The van der Waals surface area contributed by atoms with Crippen molar-refractivity contribution in [2.75, 3.05) is 11.9 Å². The van der Waals surface area contributed by atoms with E-state index in [1.807, 2.05) is 18.2 Å². The molecule has 2 unspecified atom stereocenters. The van der Waals surface area contributed by atoms with E-state index < -0.39 is 11.9 Å². The second-order valence-corrected chi connectivity index (χ2v) is 5.51. The molecule has 1 aliphatic carbocycles. The number of amides is 1. The van der Waals surface area contributed by atoms with Gasteiger partial charge >= 0.3 is 5.97 Å². The van der Waals surface area contributed by atoms with Gasteiger partial charge < -0.3 is 15.7 Å². The van der Waals surface area contributed by atoms with Crippen molar-refractivity contribution >= 4 is 17.6 Å². The SMILES string of the molecule is O=C(NC1C=CC(C(=O)O)C1)c1cccc2c1CCCN2. The lowest BCUT2D eigenvalue weighted by Crippen LogP contribution is -2.34. The van der Waals surface area contributed by atoms with Crippen LogP contribution < -0.4 is 10.6 Å². The van der Waals surface area contributed by atoms with Crippen molar-refractivity contribution in [2.45, 2.75) is 25.3 Å². The molecular formula is C16H18N2O3. The van der Waals surface area contributed by atoms with Gasteiger partial charge in [-0.2, -0.15) is 0 Å². The maximum Gasteiger partial charge on any atom is 0.310 e. The smallest absolute Gasteiger partial charge is 0.310 e. The normalized spacial score (nSPS) is 23.2. The average Bonchev–Trinajstić information content (AvgIpc) is 2.95. The molecule has 0 fully saturated rings. The van der Waals surface area contributed by atoms with Crippen LogP contribution >= 0.6 is 0 Å². The van der Waals surface area contributed by atoms with Crippen molar-refractivity contribution in [3.63, 3.8) is 0 Å². The van der Waals surface area contributed by atoms with Crippen LogP contribution in [0.4, 0.5) is 5.69 Å². The van der Waals surface area contributed by atoms with Crippen LogP contribution in [0.25, 0.3) is 0 Å². The number of carboxylic acids is 1. The van der Waals surface area contributed by atoms with Gasteiger partial charge in [0.25, 0.3) is 5.91 Å². The second-order valence-electron chi connectivity index (χ2n) is 5.51. The third-order valence-electron chi connectivity index (χ3n) is 4.06. The molecule has 21 heavy (non-hydrogen) atoms. The molecule has 2 atom stereocenters. The Bertz CT molecular complexity index is 610. The maximum absolute atomic E-state index is 12.4. The highest BCUT2D eigenvalue weighted by molar-refractivity contribution is 5.97. The lowest BCUT2D eigenvalue weighted by atomic mass is 9.97. The highest BCUT2D eigenvalue weighted by Gasteiger charge is 2.26. The van der Waals surface area contributed by atoms with Gasteiger partial charge in [0.05, 0.1) is 5.92 Å². The summed E-state index contributed by atoms with van der Waals surface area (Å²) in [6, 6.07) is 5.48. The molecule has 0 saturated heterocycles. The first kappa shape index (κ1) is 13.7. The van der Waals surface area contributed by atoms with Crippen molar-refractivity contribution in [1.82, 2.24) is 5.32 Å². The van der Waals surface area contributed by atoms with Crippen molar-refractivity contribution in [1.29, 1.82) is 0 Å². The summed E-state index contributed by atoms with van der Waals surface area (Å²) in [4.78, 5) is 23.4. The Kier molecular flexibility index (Phi) is 3.64. The summed E-state index contributed by atoms with van der Waals surface area (Å²) < 4.78 is 0. The highest BCUT2D eigenvalue weighted by atomic mass is 16.4. The Labute approximate surface area is 123 Å². The van der Waals surface area contributed by atoms with Crippen LogP contribution in [0.15, 0.2) is 30.4 Å². The molecule has 1 aromatic rings. The summed E-state index contributed by atoms with van der Waals surface area (Å²) in [7, 11) is 0. The van der Waals surface area contributed by atoms with Crippen molar-refractivity contribution < 1.29 is 14.7 Å². The van der Waals surface area contributed by atoms with E-state index in [-0.39, 0.29) is 11.9 Å². The minimum Gasteiger partial charge on any atom is -0.481 e. The molecule has 3 N–H and O–H groups in total. The lowest BCUT2D eigenvalue weighted by Gasteiger charge is -2.21. The van der Waals surface area contributed by atoms with E-state index in [1.54, 1.807) is 12.2 Å². The molecule has 0 spiro atoms. The molecule has 5 nitrogen and oxygen atoms in total. The van der Waals surface area contributed by atoms with E-state index >= 15 is 0 Å². The number of nitrogens with one attached hydrogen (secondary N) is 2. The van der Waals surface area contributed by atoms with Gasteiger partial charge in [0.2, 0.25) is 0 Å². The van der Waals surface area contributed by atoms with Crippen LogP contribution in [0.3, 0.4) is 0 Å².